The topological polar surface area (TPSA) is 52.6 Å². The second kappa shape index (κ2) is 6.90. The number of hydrogen-bond acceptors (Lipinski definition) is 2. The molecule has 1 aromatic carbocycles. The van der Waals surface area contributed by atoms with Gasteiger partial charge in [-0.25, -0.2) is 9.18 Å². The molecular formula is C14H18ClFN2O2. The molecule has 0 radical (unpaired) electrons. The molecule has 0 aliphatic heterocycles. The Bertz CT molecular complexity index is 460. The van der Waals surface area contributed by atoms with Gasteiger partial charge in [0.1, 0.15) is 5.82 Å². The summed E-state index contributed by atoms with van der Waals surface area (Å²) in [5, 5.41) is 12.1. The third kappa shape index (κ3) is 3.84. The first-order chi connectivity index (χ1) is 9.63. The van der Waals surface area contributed by atoms with Gasteiger partial charge < -0.3 is 15.3 Å². The Labute approximate surface area is 122 Å². The Kier molecular flexibility index (Phi) is 5.20. The van der Waals surface area contributed by atoms with Gasteiger partial charge in [0.2, 0.25) is 0 Å². The number of halogens is 2. The van der Waals surface area contributed by atoms with Crippen LogP contribution < -0.4 is 5.32 Å². The molecule has 1 fully saturated rings. The molecule has 2 N–H and O–H groups in total. The number of hydrogen-bond donors (Lipinski definition) is 2. The van der Waals surface area contributed by atoms with E-state index in [1.807, 2.05) is 0 Å². The van der Waals surface area contributed by atoms with Crippen molar-refractivity contribution < 1.29 is 14.3 Å². The van der Waals surface area contributed by atoms with E-state index in [9.17, 15) is 9.18 Å². The van der Waals surface area contributed by atoms with Crippen LogP contribution >= 0.6 is 11.6 Å². The Hall–Kier alpha value is -1.33. The first kappa shape index (κ1) is 15.1. The van der Waals surface area contributed by atoms with Gasteiger partial charge in [-0.05, 0) is 31.4 Å². The number of amides is 2. The summed E-state index contributed by atoms with van der Waals surface area (Å²) in [5.74, 6) is -0.360. The van der Waals surface area contributed by atoms with E-state index >= 15 is 0 Å². The van der Waals surface area contributed by atoms with E-state index in [-0.39, 0.29) is 24.5 Å². The molecule has 6 heteroatoms. The highest BCUT2D eigenvalue weighted by Crippen LogP contribution is 2.26. The van der Waals surface area contributed by atoms with E-state index in [4.69, 9.17) is 16.7 Å². The first-order valence-corrected chi connectivity index (χ1v) is 7.09. The minimum atomic E-state index is -0.360. The average Bonchev–Trinajstić information content (AvgIpc) is 3.23. The molecule has 0 atom stereocenters. The molecule has 1 saturated carbocycles. The molecule has 1 aliphatic rings. The fourth-order valence-corrected chi connectivity index (χ4v) is 2.37. The standard InChI is InChI=1S/C14H18ClFN2O2/c15-12-2-1-3-13(16)11(12)6-7-17-14(20)18(8-9-19)10-4-5-10/h1-3,10,19H,4-9H2,(H,17,20). The van der Waals surface area contributed by atoms with E-state index in [1.54, 1.807) is 17.0 Å². The Morgan fingerprint density at radius 2 is 2.25 bits per heavy atom. The molecule has 0 bridgehead atoms. The monoisotopic (exact) mass is 300 g/mol. The van der Waals surface area contributed by atoms with E-state index in [1.165, 1.54) is 6.07 Å². The van der Waals surface area contributed by atoms with Crippen molar-refractivity contribution in [3.8, 4) is 0 Å². The number of urea groups is 1. The maximum Gasteiger partial charge on any atom is 0.317 e. The van der Waals surface area contributed by atoms with Gasteiger partial charge in [0.15, 0.2) is 0 Å². The number of benzene rings is 1. The summed E-state index contributed by atoms with van der Waals surface area (Å²) in [6.07, 6.45) is 2.30. The lowest BCUT2D eigenvalue weighted by molar-refractivity contribution is 0.174. The normalized spacial score (nSPS) is 14.2. The quantitative estimate of drug-likeness (QED) is 0.846. The van der Waals surface area contributed by atoms with Crippen LogP contribution in [0.3, 0.4) is 0 Å². The zero-order valence-corrected chi connectivity index (χ0v) is 11.9. The second-order valence-electron chi connectivity index (χ2n) is 4.83. The summed E-state index contributed by atoms with van der Waals surface area (Å²) >= 11 is 5.92. The predicted molar refractivity (Wildman–Crippen MR) is 75.3 cm³/mol. The lowest BCUT2D eigenvalue weighted by atomic mass is 10.1. The van der Waals surface area contributed by atoms with E-state index in [2.05, 4.69) is 5.32 Å². The van der Waals surface area contributed by atoms with Crippen molar-refractivity contribution in [1.29, 1.82) is 0 Å². The lowest BCUT2D eigenvalue weighted by Crippen LogP contribution is -2.43. The maximum atomic E-state index is 13.6. The van der Waals surface area contributed by atoms with Gasteiger partial charge in [-0.1, -0.05) is 17.7 Å². The Balaban J connectivity index is 1.84. The fourth-order valence-electron chi connectivity index (χ4n) is 2.11. The van der Waals surface area contributed by atoms with Crippen molar-refractivity contribution in [3.05, 3.63) is 34.6 Å². The van der Waals surface area contributed by atoms with Crippen molar-refractivity contribution in [3.63, 3.8) is 0 Å². The van der Waals surface area contributed by atoms with Crippen molar-refractivity contribution in [1.82, 2.24) is 10.2 Å². The van der Waals surface area contributed by atoms with Crippen LogP contribution in [-0.2, 0) is 6.42 Å². The third-order valence-corrected chi connectivity index (χ3v) is 3.66. The SMILES string of the molecule is O=C(NCCc1c(F)cccc1Cl)N(CCO)C1CC1. The molecule has 20 heavy (non-hydrogen) atoms. The smallest absolute Gasteiger partial charge is 0.317 e. The van der Waals surface area contributed by atoms with Crippen LogP contribution in [0.25, 0.3) is 0 Å². The van der Waals surface area contributed by atoms with E-state index in [0.717, 1.165) is 12.8 Å². The zero-order valence-electron chi connectivity index (χ0n) is 11.1. The number of aliphatic hydroxyl groups excluding tert-OH is 1. The number of carbonyl (C=O) groups is 1. The molecule has 1 aliphatic carbocycles. The van der Waals surface area contributed by atoms with E-state index in [0.29, 0.717) is 30.1 Å². The van der Waals surface area contributed by atoms with Crippen molar-refractivity contribution in [2.45, 2.75) is 25.3 Å². The third-order valence-electron chi connectivity index (χ3n) is 3.30. The summed E-state index contributed by atoms with van der Waals surface area (Å²) in [5.41, 5.74) is 0.412. The molecule has 2 rings (SSSR count). The molecule has 0 saturated heterocycles. The van der Waals surface area contributed by atoms with Crippen LogP contribution in [0.4, 0.5) is 9.18 Å². The highest BCUT2D eigenvalue weighted by molar-refractivity contribution is 6.31. The fraction of sp³-hybridized carbons (Fsp3) is 0.500. The van der Waals surface area contributed by atoms with Crippen LogP contribution in [0, 0.1) is 5.82 Å². The van der Waals surface area contributed by atoms with Crippen LogP contribution in [0.2, 0.25) is 5.02 Å². The summed E-state index contributed by atoms with van der Waals surface area (Å²) < 4.78 is 13.6. The number of rotatable bonds is 6. The lowest BCUT2D eigenvalue weighted by Gasteiger charge is -2.21. The summed E-state index contributed by atoms with van der Waals surface area (Å²) in [7, 11) is 0. The van der Waals surface area contributed by atoms with Gasteiger partial charge >= 0.3 is 6.03 Å². The Morgan fingerprint density at radius 3 is 2.85 bits per heavy atom. The molecule has 2 amide bonds. The highest BCUT2D eigenvalue weighted by Gasteiger charge is 2.31. The molecule has 1 aromatic rings. The number of nitrogens with zero attached hydrogens (tertiary/aromatic N) is 1. The summed E-state index contributed by atoms with van der Waals surface area (Å²) in [6.45, 7) is 0.591. The van der Waals surface area contributed by atoms with Gasteiger partial charge in [-0.15, -0.1) is 0 Å². The van der Waals surface area contributed by atoms with Gasteiger partial charge in [0.05, 0.1) is 6.61 Å². The first-order valence-electron chi connectivity index (χ1n) is 6.71. The Morgan fingerprint density at radius 1 is 1.50 bits per heavy atom. The van der Waals surface area contributed by atoms with Crippen LogP contribution in [-0.4, -0.2) is 41.8 Å². The van der Waals surface area contributed by atoms with Gasteiger partial charge in [0, 0.05) is 29.7 Å². The average molecular weight is 301 g/mol. The van der Waals surface area contributed by atoms with Gasteiger partial charge in [-0.3, -0.25) is 0 Å². The number of nitrogens with one attached hydrogen (secondary N) is 1. The van der Waals surface area contributed by atoms with Crippen molar-refractivity contribution >= 4 is 17.6 Å². The highest BCUT2D eigenvalue weighted by atomic mass is 35.5. The minimum absolute atomic E-state index is 0.0525. The molecule has 0 spiro atoms. The molecule has 0 heterocycles. The molecule has 0 unspecified atom stereocenters. The molecule has 110 valence electrons. The molecule has 0 aromatic heterocycles. The molecule has 4 nitrogen and oxygen atoms in total. The van der Waals surface area contributed by atoms with Crippen LogP contribution in [0.5, 0.6) is 0 Å². The zero-order chi connectivity index (χ0) is 14.5. The number of carbonyl (C=O) groups excluding carboxylic acids is 1. The van der Waals surface area contributed by atoms with E-state index < -0.39 is 0 Å². The maximum absolute atomic E-state index is 13.6. The van der Waals surface area contributed by atoms with Gasteiger partial charge in [0.25, 0.3) is 0 Å². The van der Waals surface area contributed by atoms with Gasteiger partial charge in [-0.2, -0.15) is 0 Å². The largest absolute Gasteiger partial charge is 0.395 e. The molecular weight excluding hydrogens is 283 g/mol. The second-order valence-corrected chi connectivity index (χ2v) is 5.24. The predicted octanol–water partition coefficient (Wildman–Crippen LogP) is 2.19. The van der Waals surface area contributed by atoms with Crippen LogP contribution in [0.1, 0.15) is 18.4 Å². The number of aliphatic hydroxyl groups is 1. The van der Waals surface area contributed by atoms with Crippen LogP contribution in [0.15, 0.2) is 18.2 Å². The summed E-state index contributed by atoms with van der Waals surface area (Å²) in [4.78, 5) is 13.6. The van der Waals surface area contributed by atoms with Crippen molar-refractivity contribution in [2.75, 3.05) is 19.7 Å². The summed E-state index contributed by atoms with van der Waals surface area (Å²) in [6, 6.07) is 4.55. The minimum Gasteiger partial charge on any atom is -0.395 e. The van der Waals surface area contributed by atoms with Crippen molar-refractivity contribution in [2.24, 2.45) is 0 Å².